The van der Waals surface area contributed by atoms with Crippen LogP contribution in [0, 0.1) is 0 Å². The topological polar surface area (TPSA) is 53.0 Å². The standard InChI is InChI=1S/C12H24N2O3/c1-10-9-14(6-5-13(10)7-8-15)11(16)17-12(2,3)4/h10,15H,5-9H2,1-4H3/t10-/m0/s1. The van der Waals surface area contributed by atoms with E-state index in [1.54, 1.807) is 4.90 Å². The van der Waals surface area contributed by atoms with Crippen LogP contribution >= 0.6 is 0 Å². The highest BCUT2D eigenvalue weighted by Gasteiger charge is 2.29. The lowest BCUT2D eigenvalue weighted by atomic mass is 10.2. The lowest BCUT2D eigenvalue weighted by Crippen LogP contribution is -2.54. The van der Waals surface area contributed by atoms with Crippen LogP contribution < -0.4 is 0 Å². The third kappa shape index (κ3) is 4.52. The first-order chi connectivity index (χ1) is 7.83. The molecule has 1 fully saturated rings. The van der Waals surface area contributed by atoms with Gasteiger partial charge in [0, 0.05) is 32.2 Å². The molecule has 1 N–H and O–H groups in total. The van der Waals surface area contributed by atoms with Crippen molar-refractivity contribution in [1.82, 2.24) is 9.80 Å². The van der Waals surface area contributed by atoms with E-state index in [2.05, 4.69) is 11.8 Å². The molecule has 1 amide bonds. The summed E-state index contributed by atoms with van der Waals surface area (Å²) in [6.45, 7) is 10.6. The minimum atomic E-state index is -0.442. The van der Waals surface area contributed by atoms with Crippen molar-refractivity contribution in [3.8, 4) is 0 Å². The Kier molecular flexibility index (Phi) is 4.77. The smallest absolute Gasteiger partial charge is 0.410 e. The molecule has 1 atom stereocenters. The molecular formula is C12H24N2O3. The van der Waals surface area contributed by atoms with E-state index in [0.29, 0.717) is 19.6 Å². The van der Waals surface area contributed by atoms with Crippen LogP contribution in [0.2, 0.25) is 0 Å². The second-order valence-electron chi connectivity index (χ2n) is 5.53. The zero-order valence-electron chi connectivity index (χ0n) is 11.3. The first-order valence-electron chi connectivity index (χ1n) is 6.16. The van der Waals surface area contributed by atoms with E-state index < -0.39 is 5.60 Å². The Morgan fingerprint density at radius 2 is 2.06 bits per heavy atom. The number of amides is 1. The van der Waals surface area contributed by atoms with E-state index in [1.165, 1.54) is 0 Å². The van der Waals surface area contributed by atoms with Gasteiger partial charge < -0.3 is 14.7 Å². The molecule has 0 spiro atoms. The van der Waals surface area contributed by atoms with Gasteiger partial charge in [-0.25, -0.2) is 4.79 Å². The van der Waals surface area contributed by atoms with Gasteiger partial charge >= 0.3 is 6.09 Å². The predicted molar refractivity (Wildman–Crippen MR) is 65.9 cm³/mol. The normalized spacial score (nSPS) is 22.6. The quantitative estimate of drug-likeness (QED) is 0.785. The Bertz CT molecular complexity index is 263. The second-order valence-corrected chi connectivity index (χ2v) is 5.53. The number of nitrogens with zero attached hydrogens (tertiary/aromatic N) is 2. The molecule has 1 heterocycles. The molecule has 5 nitrogen and oxygen atoms in total. The van der Waals surface area contributed by atoms with Gasteiger partial charge in [0.05, 0.1) is 6.61 Å². The summed E-state index contributed by atoms with van der Waals surface area (Å²) in [6, 6.07) is 0.267. The molecule has 17 heavy (non-hydrogen) atoms. The highest BCUT2D eigenvalue weighted by Crippen LogP contribution is 2.14. The molecule has 1 saturated heterocycles. The molecule has 0 radical (unpaired) electrons. The summed E-state index contributed by atoms with van der Waals surface area (Å²) in [5, 5.41) is 8.92. The van der Waals surface area contributed by atoms with Gasteiger partial charge in [-0.2, -0.15) is 0 Å². The van der Waals surface area contributed by atoms with Crippen LogP contribution in [0.25, 0.3) is 0 Å². The largest absolute Gasteiger partial charge is 0.444 e. The minimum Gasteiger partial charge on any atom is -0.444 e. The van der Waals surface area contributed by atoms with Gasteiger partial charge in [-0.3, -0.25) is 4.90 Å². The number of β-amino-alcohol motifs (C(OH)–C–C–N with tert-alkyl or cyclic N) is 1. The van der Waals surface area contributed by atoms with E-state index in [4.69, 9.17) is 9.84 Å². The van der Waals surface area contributed by atoms with Crippen molar-refractivity contribution < 1.29 is 14.6 Å². The lowest BCUT2D eigenvalue weighted by Gasteiger charge is -2.39. The number of rotatable bonds is 2. The second kappa shape index (κ2) is 5.69. The molecule has 100 valence electrons. The highest BCUT2D eigenvalue weighted by molar-refractivity contribution is 5.68. The molecule has 0 unspecified atom stereocenters. The fourth-order valence-electron chi connectivity index (χ4n) is 1.95. The molecule has 0 aliphatic carbocycles. The van der Waals surface area contributed by atoms with Crippen molar-refractivity contribution in [3.05, 3.63) is 0 Å². The fourth-order valence-corrected chi connectivity index (χ4v) is 1.95. The third-order valence-electron chi connectivity index (χ3n) is 2.80. The Morgan fingerprint density at radius 3 is 2.53 bits per heavy atom. The van der Waals surface area contributed by atoms with Crippen LogP contribution in [0.3, 0.4) is 0 Å². The van der Waals surface area contributed by atoms with Gasteiger partial charge in [-0.1, -0.05) is 0 Å². The number of carbonyl (C=O) groups is 1. The van der Waals surface area contributed by atoms with Crippen molar-refractivity contribution in [2.45, 2.75) is 39.3 Å². The average molecular weight is 244 g/mol. The van der Waals surface area contributed by atoms with Gasteiger partial charge in [-0.15, -0.1) is 0 Å². The first-order valence-corrected chi connectivity index (χ1v) is 6.16. The molecule has 1 aliphatic rings. The van der Waals surface area contributed by atoms with Crippen LogP contribution in [-0.4, -0.2) is 65.4 Å². The van der Waals surface area contributed by atoms with E-state index in [1.807, 2.05) is 20.8 Å². The Balaban J connectivity index is 2.46. The third-order valence-corrected chi connectivity index (χ3v) is 2.80. The molecule has 0 bridgehead atoms. The molecule has 0 aromatic heterocycles. The van der Waals surface area contributed by atoms with Crippen molar-refractivity contribution in [2.75, 3.05) is 32.8 Å². The number of piperazine rings is 1. The number of ether oxygens (including phenoxy) is 1. The fraction of sp³-hybridized carbons (Fsp3) is 0.917. The summed E-state index contributed by atoms with van der Waals surface area (Å²) in [5.41, 5.74) is -0.442. The Hall–Kier alpha value is -0.810. The van der Waals surface area contributed by atoms with E-state index in [0.717, 1.165) is 6.54 Å². The molecule has 1 aliphatic heterocycles. The van der Waals surface area contributed by atoms with Crippen LogP contribution in [0.5, 0.6) is 0 Å². The van der Waals surface area contributed by atoms with E-state index in [9.17, 15) is 4.79 Å². The zero-order chi connectivity index (χ0) is 13.1. The minimum absolute atomic E-state index is 0.163. The maximum Gasteiger partial charge on any atom is 0.410 e. The number of carbonyl (C=O) groups excluding carboxylic acids is 1. The summed E-state index contributed by atoms with van der Waals surface area (Å²) >= 11 is 0. The molecule has 5 heteroatoms. The summed E-state index contributed by atoms with van der Waals surface area (Å²) in [7, 11) is 0. The number of hydrogen-bond donors (Lipinski definition) is 1. The summed E-state index contributed by atoms with van der Waals surface area (Å²) in [4.78, 5) is 15.8. The number of aliphatic hydroxyl groups is 1. The van der Waals surface area contributed by atoms with Gasteiger partial charge in [-0.05, 0) is 27.7 Å². The summed E-state index contributed by atoms with van der Waals surface area (Å²) in [6.07, 6.45) is -0.243. The van der Waals surface area contributed by atoms with E-state index in [-0.39, 0.29) is 18.7 Å². The SMILES string of the molecule is C[C@H]1CN(C(=O)OC(C)(C)C)CCN1CCO. The molecule has 1 rings (SSSR count). The maximum absolute atomic E-state index is 11.9. The molecule has 0 aromatic rings. The van der Waals surface area contributed by atoms with Gasteiger partial charge in [0.25, 0.3) is 0 Å². The van der Waals surface area contributed by atoms with Gasteiger partial charge in [0.2, 0.25) is 0 Å². The van der Waals surface area contributed by atoms with Crippen LogP contribution in [-0.2, 0) is 4.74 Å². The molecule has 0 saturated carbocycles. The van der Waals surface area contributed by atoms with Gasteiger partial charge in [0.15, 0.2) is 0 Å². The predicted octanol–water partition coefficient (Wildman–Crippen LogP) is 0.920. The zero-order valence-corrected chi connectivity index (χ0v) is 11.3. The van der Waals surface area contributed by atoms with Crippen molar-refractivity contribution in [3.63, 3.8) is 0 Å². The summed E-state index contributed by atoms with van der Waals surface area (Å²) < 4.78 is 5.34. The van der Waals surface area contributed by atoms with Crippen molar-refractivity contribution in [1.29, 1.82) is 0 Å². The van der Waals surface area contributed by atoms with Crippen LogP contribution in [0.1, 0.15) is 27.7 Å². The molecule has 0 aromatic carbocycles. The number of aliphatic hydroxyl groups excluding tert-OH is 1. The van der Waals surface area contributed by atoms with Crippen molar-refractivity contribution in [2.24, 2.45) is 0 Å². The number of hydrogen-bond acceptors (Lipinski definition) is 4. The van der Waals surface area contributed by atoms with Gasteiger partial charge in [0.1, 0.15) is 5.60 Å². The first kappa shape index (κ1) is 14.3. The van der Waals surface area contributed by atoms with Crippen LogP contribution in [0.4, 0.5) is 4.79 Å². The highest BCUT2D eigenvalue weighted by atomic mass is 16.6. The average Bonchev–Trinajstić information content (AvgIpc) is 2.18. The lowest BCUT2D eigenvalue weighted by molar-refractivity contribution is 0.00385. The maximum atomic E-state index is 11.9. The Labute approximate surface area is 103 Å². The molecular weight excluding hydrogens is 220 g/mol. The van der Waals surface area contributed by atoms with Crippen molar-refractivity contribution >= 4 is 6.09 Å². The summed E-state index contributed by atoms with van der Waals surface area (Å²) in [5.74, 6) is 0. The van der Waals surface area contributed by atoms with E-state index >= 15 is 0 Å². The van der Waals surface area contributed by atoms with Crippen LogP contribution in [0.15, 0.2) is 0 Å². The Morgan fingerprint density at radius 1 is 1.41 bits per heavy atom. The monoisotopic (exact) mass is 244 g/mol.